The second-order valence-electron chi connectivity index (χ2n) is 4.80. The van der Waals surface area contributed by atoms with Gasteiger partial charge in [-0.15, -0.1) is 17.0 Å². The lowest BCUT2D eigenvalue weighted by Crippen LogP contribution is -2.58. The number of hydrogen-bond acceptors (Lipinski definition) is 10. The van der Waals surface area contributed by atoms with Crippen molar-refractivity contribution in [3.8, 4) is 0 Å². The molecule has 5 atom stereocenters. The predicted molar refractivity (Wildman–Crippen MR) is 99.5 cm³/mol. The Morgan fingerprint density at radius 3 is 1.10 bits per heavy atom. The van der Waals surface area contributed by atoms with Gasteiger partial charge in [0.15, 0.2) is 6.29 Å². The molecule has 0 aliphatic carbocycles. The lowest BCUT2D eigenvalue weighted by atomic mass is 10.00. The Morgan fingerprint density at radius 2 is 0.897 bits per heavy atom. The van der Waals surface area contributed by atoms with Crippen LogP contribution in [0.2, 0.25) is 0 Å². The summed E-state index contributed by atoms with van der Waals surface area (Å²) in [5.41, 5.74) is 0. The van der Waals surface area contributed by atoms with Crippen LogP contribution in [0.25, 0.3) is 0 Å². The molecule has 9 N–H and O–H groups in total. The molecule has 1 fully saturated rings. The topological polar surface area (TPSA) is 260 Å². The van der Waals surface area contributed by atoms with E-state index in [1.807, 2.05) is 0 Å². The number of aliphatic carboxylic acids is 4. The quantitative estimate of drug-likeness (QED) is 0.183. The van der Waals surface area contributed by atoms with Gasteiger partial charge in [0.2, 0.25) is 0 Å². The Morgan fingerprint density at radius 1 is 0.655 bits per heavy atom. The van der Waals surface area contributed by atoms with E-state index in [1.165, 1.54) is 0 Å². The summed E-state index contributed by atoms with van der Waals surface area (Å²) in [5, 5.41) is 74.3. The van der Waals surface area contributed by atoms with E-state index in [9.17, 15) is 0 Å². The smallest absolute Gasteiger partial charge is 0.300 e. The van der Waals surface area contributed by atoms with Crippen molar-refractivity contribution in [3.63, 3.8) is 0 Å². The van der Waals surface area contributed by atoms with Crippen LogP contribution in [-0.2, 0) is 23.9 Å². The molecule has 1 heterocycles. The monoisotopic (exact) mass is 500 g/mol. The summed E-state index contributed by atoms with van der Waals surface area (Å²) in [4.78, 5) is 36.0. The minimum atomic E-state index is -1.57. The molecule has 15 heteroatoms. The molecule has 176 valence electrons. The molecule has 0 bridgehead atoms. The van der Waals surface area contributed by atoms with Gasteiger partial charge in [0.05, 0.1) is 6.61 Å². The van der Waals surface area contributed by atoms with Crippen LogP contribution < -0.4 is 0 Å². The van der Waals surface area contributed by atoms with E-state index in [4.69, 9.17) is 65.1 Å². The van der Waals surface area contributed by atoms with Gasteiger partial charge in [-0.3, -0.25) is 19.2 Å². The van der Waals surface area contributed by atoms with Crippen molar-refractivity contribution in [2.75, 3.05) is 6.61 Å². The average molecular weight is 501 g/mol. The molecule has 0 radical (unpaired) electrons. The van der Waals surface area contributed by atoms with Gasteiger partial charge in [-0.25, -0.2) is 0 Å². The maximum atomic E-state index is 9.12. The lowest BCUT2D eigenvalue weighted by Gasteiger charge is -2.37. The molecule has 1 aliphatic heterocycles. The van der Waals surface area contributed by atoms with Crippen LogP contribution in [0.4, 0.5) is 0 Å². The Bertz CT molecular complexity index is 389. The molecular weight excluding hydrogens is 472 g/mol. The first-order chi connectivity index (χ1) is 12.5. The van der Waals surface area contributed by atoms with Crippen LogP contribution in [0.1, 0.15) is 27.7 Å². The number of ether oxygens (including phenoxy) is 1. The fourth-order valence-electron chi connectivity index (χ4n) is 1.08. The number of halogens is 1. The molecule has 29 heavy (non-hydrogen) atoms. The maximum absolute atomic E-state index is 9.12. The van der Waals surface area contributed by atoms with Gasteiger partial charge in [0, 0.05) is 27.7 Å². The van der Waals surface area contributed by atoms with E-state index in [-0.39, 0.29) is 17.0 Å². The van der Waals surface area contributed by atoms with E-state index < -0.39 is 61.2 Å². The van der Waals surface area contributed by atoms with Gasteiger partial charge in [0.1, 0.15) is 24.4 Å². The van der Waals surface area contributed by atoms with Crippen molar-refractivity contribution in [2.45, 2.75) is 58.4 Å². The highest BCUT2D eigenvalue weighted by molar-refractivity contribution is 8.93. The van der Waals surface area contributed by atoms with Crippen molar-refractivity contribution in [1.82, 2.24) is 0 Å². The fraction of sp³-hybridized carbons (Fsp3) is 0.714. The Kier molecular flexibility index (Phi) is 29.2. The van der Waals surface area contributed by atoms with E-state index in [0.29, 0.717) is 0 Å². The normalized spacial score (nSPS) is 23.8. The standard InChI is InChI=1S/C6H12O6.4C2H4O2.BrH/c7-1-2-3(8)4(9)5(10)6(11)12-2;4*1-2(3)4;/h2-11H,1H2;4*1H3,(H,3,4);1H/t2-,3+,4+,5-,6+;;;;;/m1...../s1. The highest BCUT2D eigenvalue weighted by atomic mass is 79.9. The Balaban J connectivity index is -0.0000000949. The van der Waals surface area contributed by atoms with Crippen molar-refractivity contribution in [1.29, 1.82) is 0 Å². The highest BCUT2D eigenvalue weighted by Crippen LogP contribution is 2.18. The average Bonchev–Trinajstić information content (AvgIpc) is 2.46. The third-order valence-electron chi connectivity index (χ3n) is 1.87. The first-order valence-electron chi connectivity index (χ1n) is 7.27. The molecule has 0 unspecified atom stereocenters. The van der Waals surface area contributed by atoms with Gasteiger partial charge in [-0.1, -0.05) is 0 Å². The largest absolute Gasteiger partial charge is 0.481 e. The number of rotatable bonds is 1. The van der Waals surface area contributed by atoms with Crippen molar-refractivity contribution in [3.05, 3.63) is 0 Å². The number of hydrogen-bond donors (Lipinski definition) is 9. The molecule has 0 aromatic carbocycles. The number of aliphatic hydroxyl groups is 5. The zero-order chi connectivity index (χ0) is 23.6. The van der Waals surface area contributed by atoms with Gasteiger partial charge in [-0.05, 0) is 0 Å². The molecule has 0 amide bonds. The summed E-state index contributed by atoms with van der Waals surface area (Å²) in [7, 11) is 0. The molecule has 1 aliphatic rings. The molecule has 0 aromatic heterocycles. The summed E-state index contributed by atoms with van der Waals surface area (Å²) in [6.45, 7) is 3.81. The zero-order valence-electron chi connectivity index (χ0n) is 16.1. The molecule has 1 rings (SSSR count). The van der Waals surface area contributed by atoms with Crippen LogP contribution >= 0.6 is 17.0 Å². The van der Waals surface area contributed by atoms with Crippen LogP contribution in [0, 0.1) is 0 Å². The molecule has 0 saturated carbocycles. The number of carbonyl (C=O) groups is 4. The second-order valence-corrected chi connectivity index (χ2v) is 4.80. The summed E-state index contributed by atoms with van der Waals surface area (Å²) < 4.78 is 4.58. The van der Waals surface area contributed by atoms with Crippen LogP contribution in [-0.4, -0.2) is 107 Å². The Labute approximate surface area is 176 Å². The van der Waals surface area contributed by atoms with Gasteiger partial charge >= 0.3 is 0 Å². The lowest BCUT2D eigenvalue weighted by molar-refractivity contribution is -0.286. The van der Waals surface area contributed by atoms with Crippen LogP contribution in [0.3, 0.4) is 0 Å². The molecule has 14 nitrogen and oxygen atoms in total. The van der Waals surface area contributed by atoms with Gasteiger partial charge in [0.25, 0.3) is 23.9 Å². The molecular formula is C14H29BrO14. The van der Waals surface area contributed by atoms with Gasteiger partial charge < -0.3 is 50.7 Å². The van der Waals surface area contributed by atoms with E-state index in [1.54, 1.807) is 0 Å². The van der Waals surface area contributed by atoms with E-state index in [2.05, 4.69) is 4.74 Å². The SMILES string of the molecule is Br.CC(=O)O.CC(=O)O.CC(=O)O.CC(=O)O.OC[C@H]1O[C@H](O)[C@H](O)[C@@H](O)[C@H]1O. The molecule has 0 aromatic rings. The number of aliphatic hydroxyl groups excluding tert-OH is 5. The molecule has 1 saturated heterocycles. The first-order valence-corrected chi connectivity index (χ1v) is 7.27. The fourth-order valence-corrected chi connectivity index (χ4v) is 1.08. The van der Waals surface area contributed by atoms with E-state index in [0.717, 1.165) is 27.7 Å². The molecule has 0 spiro atoms. The van der Waals surface area contributed by atoms with Crippen molar-refractivity contribution >= 4 is 40.9 Å². The third kappa shape index (κ3) is 37.5. The maximum Gasteiger partial charge on any atom is 0.300 e. The highest BCUT2D eigenvalue weighted by Gasteiger charge is 2.42. The summed E-state index contributed by atoms with van der Waals surface area (Å²) in [5.74, 6) is -3.33. The van der Waals surface area contributed by atoms with E-state index >= 15 is 0 Å². The number of carboxylic acid groups (broad SMARTS) is 4. The first kappa shape index (κ1) is 37.8. The summed E-state index contributed by atoms with van der Waals surface area (Å²) >= 11 is 0. The predicted octanol–water partition coefficient (Wildman–Crippen LogP) is -2.28. The minimum absolute atomic E-state index is 0. The zero-order valence-corrected chi connectivity index (χ0v) is 17.8. The summed E-state index contributed by atoms with van der Waals surface area (Å²) in [6.07, 6.45) is -7.04. The summed E-state index contributed by atoms with van der Waals surface area (Å²) in [6, 6.07) is 0. The van der Waals surface area contributed by atoms with Crippen LogP contribution in [0.15, 0.2) is 0 Å². The van der Waals surface area contributed by atoms with Crippen molar-refractivity contribution in [2.24, 2.45) is 0 Å². The van der Waals surface area contributed by atoms with Crippen LogP contribution in [0.5, 0.6) is 0 Å². The second kappa shape index (κ2) is 22.4. The Hall–Kier alpha value is -1.88. The van der Waals surface area contributed by atoms with Gasteiger partial charge in [-0.2, -0.15) is 0 Å². The number of carboxylic acids is 4. The third-order valence-corrected chi connectivity index (χ3v) is 1.87. The minimum Gasteiger partial charge on any atom is -0.481 e. The van der Waals surface area contributed by atoms with Crippen molar-refractivity contribution < 1.29 is 69.9 Å².